The molecule has 2 heterocycles. The topological polar surface area (TPSA) is 127 Å². The van der Waals surface area contributed by atoms with E-state index in [4.69, 9.17) is 9.47 Å². The first-order valence-electron chi connectivity index (χ1n) is 11.3. The molecule has 2 aromatic carbocycles. The van der Waals surface area contributed by atoms with Crippen LogP contribution in [0, 0.1) is 16.0 Å². The molecule has 1 fully saturated rings. The monoisotopic (exact) mass is 481 g/mol. The quantitative estimate of drug-likeness (QED) is 0.288. The highest BCUT2D eigenvalue weighted by atomic mass is 16.6. The van der Waals surface area contributed by atoms with Gasteiger partial charge in [0.15, 0.2) is 5.92 Å². The van der Waals surface area contributed by atoms with Crippen molar-refractivity contribution < 1.29 is 24.0 Å². The Kier molecular flexibility index (Phi) is 7.14. The van der Waals surface area contributed by atoms with Crippen LogP contribution in [0.2, 0.25) is 0 Å². The number of nitrogens with one attached hydrogen (secondary N) is 1. The van der Waals surface area contributed by atoms with Gasteiger partial charge in [-0.15, -0.1) is 0 Å². The molecule has 11 nitrogen and oxygen atoms in total. The number of piperazine rings is 1. The number of benzene rings is 2. The van der Waals surface area contributed by atoms with Crippen molar-refractivity contribution in [1.82, 2.24) is 10.2 Å². The lowest BCUT2D eigenvalue weighted by atomic mass is 9.91. The van der Waals surface area contributed by atoms with Crippen molar-refractivity contribution in [2.24, 2.45) is 10.9 Å². The highest BCUT2D eigenvalue weighted by Gasteiger charge is 2.42. The maximum absolute atomic E-state index is 13.0. The number of non-ortho nitro benzene ring substituents is 1. The molecule has 2 aliphatic rings. The van der Waals surface area contributed by atoms with Crippen LogP contribution in [-0.4, -0.2) is 67.6 Å². The molecule has 1 N–H and O–H groups in total. The van der Waals surface area contributed by atoms with Crippen molar-refractivity contribution in [3.8, 4) is 5.75 Å². The minimum absolute atomic E-state index is 0.105. The molecule has 0 aliphatic carbocycles. The third-order valence-corrected chi connectivity index (χ3v) is 6.07. The fourth-order valence-electron chi connectivity index (χ4n) is 4.26. The van der Waals surface area contributed by atoms with Crippen LogP contribution >= 0.6 is 0 Å². The summed E-state index contributed by atoms with van der Waals surface area (Å²) in [6, 6.07) is 12.7. The first kappa shape index (κ1) is 24.0. The Morgan fingerprint density at radius 1 is 1.14 bits per heavy atom. The standard InChI is InChI=1S/C24H27N5O6/c1-3-35-23(31)20-21(16-5-4-6-18(15-16)29(32)33)25-24(26-22(20)30)28-13-11-27(12-14-28)17-7-9-19(34-2)10-8-17/h4-10,15,20-21H,3,11-14H2,1-2H3,(H,25,26,30)/t20-,21+/m0/s1. The summed E-state index contributed by atoms with van der Waals surface area (Å²) in [7, 11) is 1.63. The zero-order valence-corrected chi connectivity index (χ0v) is 19.5. The summed E-state index contributed by atoms with van der Waals surface area (Å²) in [5.74, 6) is -1.35. The second-order valence-electron chi connectivity index (χ2n) is 8.14. The molecule has 0 bridgehead atoms. The van der Waals surface area contributed by atoms with Gasteiger partial charge in [-0.2, -0.15) is 0 Å². The Hall–Kier alpha value is -4.15. The van der Waals surface area contributed by atoms with Crippen LogP contribution in [0.5, 0.6) is 5.75 Å². The van der Waals surface area contributed by atoms with E-state index in [9.17, 15) is 19.7 Å². The van der Waals surface area contributed by atoms with Crippen molar-refractivity contribution in [2.45, 2.75) is 13.0 Å². The van der Waals surface area contributed by atoms with Gasteiger partial charge in [0.1, 0.15) is 11.8 Å². The van der Waals surface area contributed by atoms with Crippen LogP contribution in [0.15, 0.2) is 53.5 Å². The molecule has 2 aromatic rings. The maximum atomic E-state index is 13.0. The van der Waals surface area contributed by atoms with Gasteiger partial charge in [0.2, 0.25) is 11.9 Å². The Morgan fingerprint density at radius 2 is 1.83 bits per heavy atom. The van der Waals surface area contributed by atoms with Crippen LogP contribution in [0.3, 0.4) is 0 Å². The van der Waals surface area contributed by atoms with Crippen LogP contribution in [0.1, 0.15) is 18.5 Å². The van der Waals surface area contributed by atoms with Crippen molar-refractivity contribution in [2.75, 3.05) is 44.8 Å². The number of hydrogen-bond acceptors (Lipinski definition) is 9. The maximum Gasteiger partial charge on any atom is 0.321 e. The summed E-state index contributed by atoms with van der Waals surface area (Å²) in [6.07, 6.45) is 0. The lowest BCUT2D eigenvalue weighted by Crippen LogP contribution is -2.57. The van der Waals surface area contributed by atoms with Gasteiger partial charge in [0.05, 0.1) is 18.6 Å². The van der Waals surface area contributed by atoms with Gasteiger partial charge in [0, 0.05) is 44.0 Å². The molecule has 35 heavy (non-hydrogen) atoms. The largest absolute Gasteiger partial charge is 0.497 e. The van der Waals surface area contributed by atoms with Crippen LogP contribution < -0.4 is 15.0 Å². The molecule has 1 amide bonds. The van der Waals surface area contributed by atoms with Crippen LogP contribution in [0.4, 0.5) is 11.4 Å². The van der Waals surface area contributed by atoms with Crippen molar-refractivity contribution in [3.05, 3.63) is 64.2 Å². The van der Waals surface area contributed by atoms with Gasteiger partial charge in [-0.05, 0) is 36.8 Å². The number of nitro benzene ring substituents is 1. The molecule has 4 rings (SSSR count). The Balaban J connectivity index is 1.57. The van der Waals surface area contributed by atoms with E-state index >= 15 is 0 Å². The number of guanidine groups is 1. The van der Waals surface area contributed by atoms with E-state index in [0.717, 1.165) is 11.4 Å². The average Bonchev–Trinajstić information content (AvgIpc) is 2.88. The second-order valence-corrected chi connectivity index (χ2v) is 8.14. The zero-order valence-electron chi connectivity index (χ0n) is 19.5. The number of carbonyl (C=O) groups is 2. The Labute approximate surface area is 202 Å². The predicted octanol–water partition coefficient (Wildman–Crippen LogP) is 2.13. The van der Waals surface area contributed by atoms with E-state index in [1.807, 2.05) is 29.2 Å². The third kappa shape index (κ3) is 5.18. The first-order chi connectivity index (χ1) is 16.9. The lowest BCUT2D eigenvalue weighted by Gasteiger charge is -2.39. The molecule has 0 spiro atoms. The fourth-order valence-corrected chi connectivity index (χ4v) is 4.26. The van der Waals surface area contributed by atoms with E-state index in [0.29, 0.717) is 37.7 Å². The van der Waals surface area contributed by atoms with E-state index in [2.05, 4.69) is 15.2 Å². The molecule has 2 atom stereocenters. The number of esters is 1. The number of amides is 1. The average molecular weight is 482 g/mol. The Bertz CT molecular complexity index is 1130. The van der Waals surface area contributed by atoms with Gasteiger partial charge >= 0.3 is 5.97 Å². The van der Waals surface area contributed by atoms with E-state index in [-0.39, 0.29) is 12.3 Å². The van der Waals surface area contributed by atoms with E-state index < -0.39 is 28.8 Å². The highest BCUT2D eigenvalue weighted by Crippen LogP contribution is 2.33. The fraction of sp³-hybridized carbons (Fsp3) is 0.375. The molecule has 0 aromatic heterocycles. The predicted molar refractivity (Wildman–Crippen MR) is 128 cm³/mol. The number of rotatable bonds is 6. The summed E-state index contributed by atoms with van der Waals surface area (Å²) in [5.41, 5.74) is 1.33. The molecule has 0 unspecified atom stereocenters. The number of nitro groups is 1. The zero-order chi connectivity index (χ0) is 24.9. The normalized spacial score (nSPS) is 20.1. The molecule has 0 radical (unpaired) electrons. The van der Waals surface area contributed by atoms with Crippen molar-refractivity contribution >= 4 is 29.2 Å². The van der Waals surface area contributed by atoms with Crippen LogP contribution in [0.25, 0.3) is 0 Å². The van der Waals surface area contributed by atoms with Crippen molar-refractivity contribution in [3.63, 3.8) is 0 Å². The molecule has 184 valence electrons. The first-order valence-corrected chi connectivity index (χ1v) is 11.3. The van der Waals surface area contributed by atoms with Gasteiger partial charge in [0.25, 0.3) is 5.69 Å². The van der Waals surface area contributed by atoms with Crippen molar-refractivity contribution in [1.29, 1.82) is 0 Å². The number of nitrogens with zero attached hydrogens (tertiary/aromatic N) is 4. The number of hydrogen-bond donors (Lipinski definition) is 1. The summed E-state index contributed by atoms with van der Waals surface area (Å²) in [4.78, 5) is 45.3. The molecule has 2 aliphatic heterocycles. The van der Waals surface area contributed by atoms with E-state index in [1.165, 1.54) is 18.2 Å². The Morgan fingerprint density at radius 3 is 2.46 bits per heavy atom. The van der Waals surface area contributed by atoms with Gasteiger partial charge in [-0.25, -0.2) is 4.99 Å². The number of aliphatic imine (C=N–C) groups is 1. The summed E-state index contributed by atoms with van der Waals surface area (Å²) < 4.78 is 10.3. The summed E-state index contributed by atoms with van der Waals surface area (Å²) >= 11 is 0. The molecule has 1 saturated heterocycles. The SMILES string of the molecule is CCOC(=O)[C@@H]1C(=O)NC(N2CCN(c3ccc(OC)cc3)CC2)=N[C@@H]1c1cccc([N+](=O)[O-])c1. The summed E-state index contributed by atoms with van der Waals surface area (Å²) in [6.45, 7) is 4.34. The summed E-state index contributed by atoms with van der Waals surface area (Å²) in [5, 5.41) is 14.0. The van der Waals surface area contributed by atoms with Gasteiger partial charge in [-0.3, -0.25) is 25.0 Å². The smallest absolute Gasteiger partial charge is 0.321 e. The van der Waals surface area contributed by atoms with Crippen LogP contribution in [-0.2, 0) is 14.3 Å². The van der Waals surface area contributed by atoms with E-state index in [1.54, 1.807) is 20.1 Å². The number of ether oxygens (including phenoxy) is 2. The van der Waals surface area contributed by atoms with Gasteiger partial charge < -0.3 is 19.3 Å². The number of methoxy groups -OCH3 is 1. The minimum Gasteiger partial charge on any atom is -0.497 e. The molecule has 0 saturated carbocycles. The third-order valence-electron chi connectivity index (χ3n) is 6.07. The highest BCUT2D eigenvalue weighted by molar-refractivity contribution is 6.08. The molecular formula is C24H27N5O6. The van der Waals surface area contributed by atoms with Gasteiger partial charge in [-0.1, -0.05) is 12.1 Å². The minimum atomic E-state index is -1.23. The lowest BCUT2D eigenvalue weighted by molar-refractivity contribution is -0.384. The number of anilines is 1. The second kappa shape index (κ2) is 10.4. The molecule has 11 heteroatoms. The number of carbonyl (C=O) groups excluding carboxylic acids is 2. The molecular weight excluding hydrogens is 454 g/mol.